The van der Waals surface area contributed by atoms with Crippen molar-refractivity contribution < 1.29 is 8.42 Å². The molecule has 21 heavy (non-hydrogen) atoms. The van der Waals surface area contributed by atoms with Gasteiger partial charge in [-0.05, 0) is 42.0 Å². The van der Waals surface area contributed by atoms with E-state index in [0.717, 1.165) is 23.3 Å². The minimum absolute atomic E-state index is 0.00365. The number of nitrogens with two attached hydrogens (primary N) is 1. The van der Waals surface area contributed by atoms with Crippen molar-refractivity contribution in [3.63, 3.8) is 0 Å². The number of sulfonamides is 1. The van der Waals surface area contributed by atoms with E-state index in [9.17, 15) is 8.42 Å². The van der Waals surface area contributed by atoms with Crippen LogP contribution in [0.1, 0.15) is 29.3 Å². The van der Waals surface area contributed by atoms with Crippen LogP contribution in [0.2, 0.25) is 0 Å². The summed E-state index contributed by atoms with van der Waals surface area (Å²) in [5.74, 6) is 0.0138. The second kappa shape index (κ2) is 5.79. The molecule has 0 spiro atoms. The Morgan fingerprint density at radius 1 is 1.29 bits per heavy atom. The molecule has 6 heteroatoms. The number of rotatable bonds is 4. The molecule has 2 aromatic rings. The second-order valence-corrected chi connectivity index (χ2v) is 8.19. The zero-order chi connectivity index (χ0) is 14.9. The van der Waals surface area contributed by atoms with Crippen LogP contribution >= 0.6 is 11.3 Å². The molecule has 1 aromatic heterocycles. The molecular formula is C15H18N2O2S2. The van der Waals surface area contributed by atoms with Crippen molar-refractivity contribution in [3.05, 3.63) is 52.2 Å². The van der Waals surface area contributed by atoms with Crippen molar-refractivity contribution in [2.24, 2.45) is 0 Å². The lowest BCUT2D eigenvalue weighted by Gasteiger charge is -2.23. The molecule has 1 saturated heterocycles. The van der Waals surface area contributed by atoms with Gasteiger partial charge in [0, 0.05) is 17.1 Å². The number of hydrogen-bond donors (Lipinski definition) is 1. The fourth-order valence-electron chi connectivity index (χ4n) is 2.81. The molecule has 112 valence electrons. The average Bonchev–Trinajstić information content (AvgIpc) is 3.09. The van der Waals surface area contributed by atoms with Gasteiger partial charge in [0.05, 0.1) is 11.8 Å². The number of thiophene rings is 1. The first-order valence-corrected chi connectivity index (χ1v) is 9.42. The van der Waals surface area contributed by atoms with Crippen LogP contribution in [0.3, 0.4) is 0 Å². The number of hydrogen-bond acceptors (Lipinski definition) is 4. The number of nitrogen functional groups attached to an aromatic ring is 1. The molecule has 0 radical (unpaired) electrons. The van der Waals surface area contributed by atoms with Crippen molar-refractivity contribution in [2.75, 3.05) is 12.3 Å². The predicted octanol–water partition coefficient (Wildman–Crippen LogP) is 3.00. The van der Waals surface area contributed by atoms with Crippen molar-refractivity contribution in [1.29, 1.82) is 0 Å². The van der Waals surface area contributed by atoms with Crippen LogP contribution in [0.15, 0.2) is 41.8 Å². The Morgan fingerprint density at radius 2 is 2.14 bits per heavy atom. The van der Waals surface area contributed by atoms with Crippen LogP contribution < -0.4 is 5.73 Å². The summed E-state index contributed by atoms with van der Waals surface area (Å²) in [6.07, 6.45) is 1.81. The lowest BCUT2D eigenvalue weighted by molar-refractivity contribution is 0.400. The SMILES string of the molecule is Nc1cccc(CS(=O)(=O)N2CCCC2c2cccs2)c1. The maximum Gasteiger partial charge on any atom is 0.218 e. The Balaban J connectivity index is 1.84. The molecule has 2 heterocycles. The normalized spacial score (nSPS) is 19.9. The number of benzene rings is 1. The van der Waals surface area contributed by atoms with Gasteiger partial charge in [-0.3, -0.25) is 0 Å². The molecule has 3 rings (SSSR count). The molecule has 1 aliphatic heterocycles. The standard InChI is InChI=1S/C15H18N2O2S2/c16-13-5-1-4-12(10-13)11-21(18,19)17-8-2-6-14(17)15-7-3-9-20-15/h1,3-5,7,9-10,14H,2,6,8,11,16H2. The summed E-state index contributed by atoms with van der Waals surface area (Å²) in [7, 11) is -3.32. The fraction of sp³-hybridized carbons (Fsp3) is 0.333. The monoisotopic (exact) mass is 322 g/mol. The predicted molar refractivity (Wildman–Crippen MR) is 86.5 cm³/mol. The Hall–Kier alpha value is -1.37. The molecule has 1 fully saturated rings. The van der Waals surface area contributed by atoms with E-state index in [2.05, 4.69) is 0 Å². The third kappa shape index (κ3) is 3.12. The number of nitrogens with zero attached hydrogens (tertiary/aromatic N) is 1. The van der Waals surface area contributed by atoms with Gasteiger partial charge in [-0.25, -0.2) is 8.42 Å². The quantitative estimate of drug-likeness (QED) is 0.880. The minimum Gasteiger partial charge on any atom is -0.399 e. The van der Waals surface area contributed by atoms with Crippen LogP contribution in [0, 0.1) is 0 Å². The van der Waals surface area contributed by atoms with Gasteiger partial charge in [0.1, 0.15) is 0 Å². The molecule has 1 aliphatic rings. The van der Waals surface area contributed by atoms with Gasteiger partial charge in [-0.15, -0.1) is 11.3 Å². The van der Waals surface area contributed by atoms with Gasteiger partial charge in [-0.2, -0.15) is 4.31 Å². The maximum absolute atomic E-state index is 12.7. The first-order chi connectivity index (χ1) is 10.1. The van der Waals surface area contributed by atoms with Gasteiger partial charge in [0.25, 0.3) is 0 Å². The highest BCUT2D eigenvalue weighted by atomic mass is 32.2. The summed E-state index contributed by atoms with van der Waals surface area (Å²) in [5.41, 5.74) is 7.07. The fourth-order valence-corrected chi connectivity index (χ4v) is 5.54. The van der Waals surface area contributed by atoms with Gasteiger partial charge in [0.15, 0.2) is 0 Å². The van der Waals surface area contributed by atoms with E-state index in [1.54, 1.807) is 33.8 Å². The van der Waals surface area contributed by atoms with Gasteiger partial charge in [-0.1, -0.05) is 18.2 Å². The Morgan fingerprint density at radius 3 is 2.86 bits per heavy atom. The van der Waals surface area contributed by atoms with Crippen molar-refractivity contribution >= 4 is 27.0 Å². The highest BCUT2D eigenvalue weighted by Gasteiger charge is 2.35. The second-order valence-electron chi connectivity index (χ2n) is 5.29. The highest BCUT2D eigenvalue weighted by Crippen LogP contribution is 2.37. The minimum atomic E-state index is -3.32. The van der Waals surface area contributed by atoms with Crippen LogP contribution in [0.4, 0.5) is 5.69 Å². The molecular weight excluding hydrogens is 304 g/mol. The first kappa shape index (κ1) is 14.6. The van der Waals surface area contributed by atoms with E-state index in [0.29, 0.717) is 12.2 Å². The van der Waals surface area contributed by atoms with E-state index in [1.165, 1.54) is 0 Å². The summed E-state index contributed by atoms with van der Waals surface area (Å²) in [4.78, 5) is 1.13. The van der Waals surface area contributed by atoms with Crippen LogP contribution in [-0.4, -0.2) is 19.3 Å². The Labute approximate surface area is 129 Å². The van der Waals surface area contributed by atoms with E-state index in [4.69, 9.17) is 5.73 Å². The molecule has 2 N–H and O–H groups in total. The molecule has 4 nitrogen and oxygen atoms in total. The highest BCUT2D eigenvalue weighted by molar-refractivity contribution is 7.88. The molecule has 0 aliphatic carbocycles. The lowest BCUT2D eigenvalue weighted by Crippen LogP contribution is -2.31. The third-order valence-corrected chi connectivity index (χ3v) is 6.56. The van der Waals surface area contributed by atoms with Gasteiger partial charge < -0.3 is 5.73 Å². The molecule has 0 amide bonds. The summed E-state index contributed by atoms with van der Waals surface area (Å²) >= 11 is 1.62. The van der Waals surface area contributed by atoms with Crippen molar-refractivity contribution in [2.45, 2.75) is 24.6 Å². The topological polar surface area (TPSA) is 63.4 Å². The Bertz CT molecular complexity index is 711. The lowest BCUT2D eigenvalue weighted by atomic mass is 10.2. The summed E-state index contributed by atoms with van der Waals surface area (Å²) < 4.78 is 27.1. The molecule has 0 bridgehead atoms. The zero-order valence-corrected chi connectivity index (χ0v) is 13.2. The first-order valence-electron chi connectivity index (χ1n) is 6.93. The van der Waals surface area contributed by atoms with Crippen LogP contribution in [0.25, 0.3) is 0 Å². The molecule has 0 saturated carbocycles. The summed E-state index contributed by atoms with van der Waals surface area (Å²) in [6, 6.07) is 11.1. The van der Waals surface area contributed by atoms with Crippen molar-refractivity contribution in [3.8, 4) is 0 Å². The van der Waals surface area contributed by atoms with E-state index in [1.807, 2.05) is 23.6 Å². The molecule has 1 aromatic carbocycles. The average molecular weight is 322 g/mol. The van der Waals surface area contributed by atoms with E-state index < -0.39 is 10.0 Å². The smallest absolute Gasteiger partial charge is 0.218 e. The van der Waals surface area contributed by atoms with Gasteiger partial charge in [0.2, 0.25) is 10.0 Å². The van der Waals surface area contributed by atoms with Crippen LogP contribution in [0.5, 0.6) is 0 Å². The molecule has 1 atom stereocenters. The zero-order valence-electron chi connectivity index (χ0n) is 11.6. The largest absolute Gasteiger partial charge is 0.399 e. The van der Waals surface area contributed by atoms with E-state index in [-0.39, 0.29) is 11.8 Å². The van der Waals surface area contributed by atoms with Crippen LogP contribution in [-0.2, 0) is 15.8 Å². The van der Waals surface area contributed by atoms with Gasteiger partial charge >= 0.3 is 0 Å². The Kier molecular flexibility index (Phi) is 4.01. The summed E-state index contributed by atoms with van der Waals surface area (Å²) in [6.45, 7) is 0.604. The third-order valence-electron chi connectivity index (χ3n) is 3.73. The molecule has 1 unspecified atom stereocenters. The van der Waals surface area contributed by atoms with E-state index >= 15 is 0 Å². The maximum atomic E-state index is 12.7. The van der Waals surface area contributed by atoms with Crippen molar-refractivity contribution in [1.82, 2.24) is 4.31 Å². The number of anilines is 1. The summed E-state index contributed by atoms with van der Waals surface area (Å²) in [5, 5.41) is 2.00.